The molecule has 3 aromatic rings. The van der Waals surface area contributed by atoms with E-state index in [-0.39, 0.29) is 46.5 Å². The molecule has 3 aliphatic rings. The number of ether oxygens (including phenoxy) is 1. The molecule has 11 heteroatoms. The van der Waals surface area contributed by atoms with Gasteiger partial charge in [0.25, 0.3) is 5.91 Å². The quantitative estimate of drug-likeness (QED) is 0.297. The van der Waals surface area contributed by atoms with E-state index >= 15 is 0 Å². The minimum Gasteiger partial charge on any atom is -1.00 e. The lowest BCUT2D eigenvalue weighted by Crippen LogP contribution is -3.00. The van der Waals surface area contributed by atoms with Gasteiger partial charge in [-0.05, 0) is 19.1 Å². The zero-order valence-corrected chi connectivity index (χ0v) is 20.2. The highest BCUT2D eigenvalue weighted by atomic mass is 79.9. The van der Waals surface area contributed by atoms with Gasteiger partial charge in [-0.15, -0.1) is 0 Å². The van der Waals surface area contributed by atoms with E-state index in [2.05, 4.69) is 10.5 Å². The lowest BCUT2D eigenvalue weighted by atomic mass is 9.82. The molecule has 0 spiro atoms. The molecule has 10 nitrogen and oxygen atoms in total. The summed E-state index contributed by atoms with van der Waals surface area (Å²) in [5.41, 5.74) is -1.51. The monoisotopic (exact) mass is 535 g/mol. The number of esters is 1. The molecular weight excluding hydrogens is 510 g/mol. The number of nitrogens with one attached hydrogen (secondary N) is 1. The number of furan rings is 2. The van der Waals surface area contributed by atoms with Crippen LogP contribution in [0.25, 0.3) is 0 Å². The number of rotatable bonds is 7. The summed E-state index contributed by atoms with van der Waals surface area (Å²) in [7, 11) is 0. The van der Waals surface area contributed by atoms with Gasteiger partial charge >= 0.3 is 5.97 Å². The topological polar surface area (TPSA) is 128 Å². The third-order valence-electron chi connectivity index (χ3n) is 6.85. The molecule has 182 valence electrons. The molecule has 2 bridgehead atoms. The maximum absolute atomic E-state index is 13.3. The Morgan fingerprint density at radius 1 is 1.21 bits per heavy atom. The van der Waals surface area contributed by atoms with E-state index in [0.717, 1.165) is 25.9 Å². The van der Waals surface area contributed by atoms with Crippen LogP contribution in [0.2, 0.25) is 0 Å². The fraction of sp³-hybridized carbons (Fsp3) is 0.435. The fourth-order valence-electron chi connectivity index (χ4n) is 5.05. The minimum absolute atomic E-state index is 0. The lowest BCUT2D eigenvalue weighted by Gasteiger charge is -2.51. The van der Waals surface area contributed by atoms with Crippen molar-refractivity contribution >= 4 is 17.7 Å². The van der Waals surface area contributed by atoms with Crippen LogP contribution in [0.4, 0.5) is 5.82 Å². The summed E-state index contributed by atoms with van der Waals surface area (Å²) in [6.07, 6.45) is 6.67. The van der Waals surface area contributed by atoms with Gasteiger partial charge in [0, 0.05) is 36.0 Å². The molecule has 0 radical (unpaired) electrons. The van der Waals surface area contributed by atoms with Crippen LogP contribution in [0.5, 0.6) is 0 Å². The second kappa shape index (κ2) is 9.40. The van der Waals surface area contributed by atoms with Gasteiger partial charge in [0.2, 0.25) is 5.60 Å². The Morgan fingerprint density at radius 2 is 1.85 bits per heavy atom. The number of amides is 1. The number of carbonyl (C=O) groups excluding carboxylic acids is 2. The Kier molecular flexibility index (Phi) is 6.70. The van der Waals surface area contributed by atoms with Gasteiger partial charge in [-0.25, -0.2) is 4.79 Å². The largest absolute Gasteiger partial charge is 1.00 e. The summed E-state index contributed by atoms with van der Waals surface area (Å²) in [4.78, 5) is 26.0. The summed E-state index contributed by atoms with van der Waals surface area (Å²) >= 11 is 0. The van der Waals surface area contributed by atoms with Crippen molar-refractivity contribution in [2.45, 2.75) is 31.5 Å². The number of fused-ring (bicyclic) bond motifs is 3. The van der Waals surface area contributed by atoms with Crippen LogP contribution >= 0.6 is 0 Å². The predicted octanol–water partition coefficient (Wildman–Crippen LogP) is -0.800. The average molecular weight is 536 g/mol. The van der Waals surface area contributed by atoms with Crippen molar-refractivity contribution in [2.75, 3.05) is 31.5 Å². The minimum atomic E-state index is -2.04. The number of carbonyl (C=O) groups is 2. The third-order valence-corrected chi connectivity index (χ3v) is 6.85. The molecule has 6 heterocycles. The number of nitrogens with zero attached hydrogens (tertiary/aromatic N) is 2. The summed E-state index contributed by atoms with van der Waals surface area (Å²) in [6, 6.07) is 4.71. The van der Waals surface area contributed by atoms with Gasteiger partial charge in [-0.2, -0.15) is 0 Å². The van der Waals surface area contributed by atoms with Gasteiger partial charge in [0.1, 0.15) is 12.3 Å². The van der Waals surface area contributed by atoms with Crippen molar-refractivity contribution in [1.82, 2.24) is 5.16 Å². The third kappa shape index (κ3) is 4.42. The Bertz CT molecular complexity index is 1080. The number of hydrogen-bond acceptors (Lipinski definition) is 8. The number of anilines is 1. The number of aliphatic hydroxyl groups is 1. The zero-order chi connectivity index (χ0) is 23.1. The Hall–Kier alpha value is -2.89. The van der Waals surface area contributed by atoms with Crippen LogP contribution in [-0.2, 0) is 19.9 Å². The van der Waals surface area contributed by atoms with Crippen LogP contribution in [0, 0.1) is 12.8 Å². The normalized spacial score (nSPS) is 23.8. The molecule has 0 aliphatic carbocycles. The molecule has 3 aliphatic heterocycles. The van der Waals surface area contributed by atoms with Crippen LogP contribution < -0.4 is 22.3 Å². The van der Waals surface area contributed by atoms with E-state index in [9.17, 15) is 14.7 Å². The van der Waals surface area contributed by atoms with Gasteiger partial charge in [0.15, 0.2) is 18.5 Å². The fourth-order valence-corrected chi connectivity index (χ4v) is 5.05. The van der Waals surface area contributed by atoms with Crippen LogP contribution in [0.3, 0.4) is 0 Å². The standard InChI is InChI=1S/C23H25N3O7.BrH/c1-15-10-20(25-33-15)24-21(27)12-26-6-2-16(3-7-26)19(11-26)32-22(28)23(29,17-4-8-30-13-17)18-5-9-31-14-18;/h4-5,8-10,13-14,16,19,29H,2-3,6-7,11-12H2,1H3;1H/t16?,19-,26?;/m0./s1. The first-order valence-corrected chi connectivity index (χ1v) is 11.0. The maximum atomic E-state index is 13.3. The second-order valence-corrected chi connectivity index (χ2v) is 9.02. The van der Waals surface area contributed by atoms with E-state index in [1.54, 1.807) is 13.0 Å². The summed E-state index contributed by atoms with van der Waals surface area (Å²) in [5.74, 6) is 0.238. The average Bonchev–Trinajstić information content (AvgIpc) is 3.57. The SMILES string of the molecule is Cc1cc(NC(=O)C[N+]23CCC(CC2)[C@@H](OC(=O)C(O)(c2ccoc2)c2ccoc2)C3)no1.[Br-]. The van der Waals surface area contributed by atoms with E-state index in [4.69, 9.17) is 18.1 Å². The molecule has 3 saturated heterocycles. The van der Waals surface area contributed by atoms with Crippen molar-refractivity contribution in [3.8, 4) is 0 Å². The molecule has 3 aromatic heterocycles. The molecule has 3 fully saturated rings. The number of halogens is 1. The van der Waals surface area contributed by atoms with Gasteiger partial charge in [0.05, 0.1) is 38.1 Å². The van der Waals surface area contributed by atoms with Crippen molar-refractivity contribution < 1.29 is 54.3 Å². The predicted molar refractivity (Wildman–Crippen MR) is 113 cm³/mol. The Labute approximate surface area is 206 Å². The molecule has 1 amide bonds. The highest BCUT2D eigenvalue weighted by Crippen LogP contribution is 2.38. The molecule has 0 aromatic carbocycles. The number of aryl methyl sites for hydroxylation is 1. The van der Waals surface area contributed by atoms with Gasteiger partial charge in [-0.3, -0.25) is 4.79 Å². The molecular formula is C23H26BrN3O7. The second-order valence-electron chi connectivity index (χ2n) is 9.02. The molecule has 0 unspecified atom stereocenters. The molecule has 34 heavy (non-hydrogen) atoms. The number of quaternary nitrogens is 1. The summed E-state index contributed by atoms with van der Waals surface area (Å²) in [5, 5.41) is 18.0. The van der Waals surface area contributed by atoms with Crippen molar-refractivity contribution in [1.29, 1.82) is 0 Å². The highest BCUT2D eigenvalue weighted by Gasteiger charge is 2.51. The molecule has 1 atom stereocenters. The summed E-state index contributed by atoms with van der Waals surface area (Å²) in [6.45, 7) is 4.18. The first-order valence-electron chi connectivity index (χ1n) is 11.0. The zero-order valence-electron chi connectivity index (χ0n) is 18.6. The maximum Gasteiger partial charge on any atom is 0.348 e. The smallest absolute Gasteiger partial charge is 0.348 e. The van der Waals surface area contributed by atoms with Gasteiger partial charge < -0.3 is 50.0 Å². The Morgan fingerprint density at radius 3 is 2.38 bits per heavy atom. The van der Waals surface area contributed by atoms with E-state index in [1.165, 1.54) is 37.2 Å². The lowest BCUT2D eigenvalue weighted by molar-refractivity contribution is -0.939. The number of hydrogen-bond donors (Lipinski definition) is 2. The first-order chi connectivity index (χ1) is 15.9. The molecule has 2 N–H and O–H groups in total. The first kappa shape index (κ1) is 24.2. The highest BCUT2D eigenvalue weighted by molar-refractivity contribution is 5.90. The van der Waals surface area contributed by atoms with Crippen LogP contribution in [-0.4, -0.2) is 58.9 Å². The van der Waals surface area contributed by atoms with E-state index < -0.39 is 17.7 Å². The molecule has 6 rings (SSSR count). The number of piperidine rings is 3. The summed E-state index contributed by atoms with van der Waals surface area (Å²) < 4.78 is 21.6. The molecule has 0 saturated carbocycles. The van der Waals surface area contributed by atoms with Gasteiger partial charge in [-0.1, -0.05) is 5.16 Å². The van der Waals surface area contributed by atoms with Crippen molar-refractivity contribution in [3.05, 3.63) is 60.1 Å². The number of aromatic nitrogens is 1. The van der Waals surface area contributed by atoms with Crippen molar-refractivity contribution in [3.63, 3.8) is 0 Å². The Balaban J connectivity index is 0.00000274. The van der Waals surface area contributed by atoms with E-state index in [1.807, 2.05) is 0 Å². The van der Waals surface area contributed by atoms with Crippen LogP contribution in [0.15, 0.2) is 56.6 Å². The van der Waals surface area contributed by atoms with Crippen LogP contribution in [0.1, 0.15) is 29.7 Å². The van der Waals surface area contributed by atoms with Crippen molar-refractivity contribution in [2.24, 2.45) is 5.92 Å². The van der Waals surface area contributed by atoms with E-state index in [0.29, 0.717) is 22.6 Å².